The Kier molecular flexibility index (Phi) is 5.46. The standard InChI is InChI=1S/C25H16ClN7O/c1-33-11-9-19(32-33)23-22(17-12-16-8-5-10-28-21(16)18(26)13-17)29-20(14-27)24(30-23)31-25(34)15-6-3-2-4-7-15/h2-13H,1H3,(H,30,31,34). The Hall–Kier alpha value is -4.61. The molecule has 3 heterocycles. The summed E-state index contributed by atoms with van der Waals surface area (Å²) in [4.78, 5) is 26.3. The van der Waals surface area contributed by atoms with E-state index in [0.29, 0.717) is 38.7 Å². The number of halogens is 1. The Morgan fingerprint density at radius 1 is 1.06 bits per heavy atom. The molecule has 0 unspecified atom stereocenters. The van der Waals surface area contributed by atoms with E-state index in [0.717, 1.165) is 5.39 Å². The molecule has 34 heavy (non-hydrogen) atoms. The third-order valence-corrected chi connectivity index (χ3v) is 5.45. The van der Waals surface area contributed by atoms with Crippen LogP contribution in [-0.2, 0) is 7.05 Å². The smallest absolute Gasteiger partial charge is 0.256 e. The van der Waals surface area contributed by atoms with Gasteiger partial charge in [0.15, 0.2) is 11.5 Å². The normalized spacial score (nSPS) is 10.7. The first kappa shape index (κ1) is 21.2. The van der Waals surface area contributed by atoms with Crippen LogP contribution in [0.25, 0.3) is 33.5 Å². The minimum Gasteiger partial charge on any atom is -0.304 e. The number of anilines is 1. The van der Waals surface area contributed by atoms with Gasteiger partial charge in [0.1, 0.15) is 23.2 Å². The molecule has 0 saturated carbocycles. The fourth-order valence-corrected chi connectivity index (χ4v) is 3.85. The number of nitrogens with zero attached hydrogens (tertiary/aromatic N) is 6. The maximum absolute atomic E-state index is 12.7. The topological polar surface area (TPSA) is 109 Å². The van der Waals surface area contributed by atoms with Crippen LogP contribution in [0.5, 0.6) is 0 Å². The quantitative estimate of drug-likeness (QED) is 0.405. The molecule has 3 aromatic heterocycles. The summed E-state index contributed by atoms with van der Waals surface area (Å²) in [6, 6.07) is 19.8. The molecule has 0 bridgehead atoms. The number of fused-ring (bicyclic) bond motifs is 1. The van der Waals surface area contributed by atoms with Gasteiger partial charge in [0.25, 0.3) is 5.91 Å². The first-order chi connectivity index (χ1) is 16.5. The molecule has 5 rings (SSSR count). The summed E-state index contributed by atoms with van der Waals surface area (Å²) in [5.74, 6) is -0.347. The number of hydrogen-bond acceptors (Lipinski definition) is 6. The summed E-state index contributed by atoms with van der Waals surface area (Å²) in [6.45, 7) is 0. The van der Waals surface area contributed by atoms with Gasteiger partial charge in [0.2, 0.25) is 0 Å². The van der Waals surface area contributed by atoms with Gasteiger partial charge >= 0.3 is 0 Å². The first-order valence-electron chi connectivity index (χ1n) is 10.3. The number of amides is 1. The van der Waals surface area contributed by atoms with Crippen molar-refractivity contribution in [3.05, 3.63) is 89.3 Å². The molecule has 0 saturated heterocycles. The number of rotatable bonds is 4. The second-order valence-electron chi connectivity index (χ2n) is 7.46. The monoisotopic (exact) mass is 465 g/mol. The number of pyridine rings is 1. The lowest BCUT2D eigenvalue weighted by atomic mass is 10.0. The van der Waals surface area contributed by atoms with Crippen LogP contribution < -0.4 is 5.32 Å². The van der Waals surface area contributed by atoms with Gasteiger partial charge in [-0.25, -0.2) is 9.97 Å². The number of benzene rings is 2. The third kappa shape index (κ3) is 3.96. The molecule has 0 radical (unpaired) electrons. The van der Waals surface area contributed by atoms with Gasteiger partial charge in [-0.15, -0.1) is 0 Å². The number of aromatic nitrogens is 5. The van der Waals surface area contributed by atoms with Crippen molar-refractivity contribution in [3.63, 3.8) is 0 Å². The molecule has 0 fully saturated rings. The van der Waals surface area contributed by atoms with E-state index in [-0.39, 0.29) is 11.5 Å². The molecule has 164 valence electrons. The molecule has 5 aromatic rings. The second kappa shape index (κ2) is 8.73. The van der Waals surface area contributed by atoms with Crippen LogP contribution in [-0.4, -0.2) is 30.6 Å². The average Bonchev–Trinajstić information content (AvgIpc) is 3.30. The second-order valence-corrected chi connectivity index (χ2v) is 7.87. The van der Waals surface area contributed by atoms with Crippen molar-refractivity contribution in [2.45, 2.75) is 0 Å². The molecule has 2 aromatic carbocycles. The van der Waals surface area contributed by atoms with E-state index in [4.69, 9.17) is 11.6 Å². The molecule has 8 nitrogen and oxygen atoms in total. The van der Waals surface area contributed by atoms with Crippen LogP contribution in [0.3, 0.4) is 0 Å². The van der Waals surface area contributed by atoms with Crippen LogP contribution in [0.2, 0.25) is 5.02 Å². The van der Waals surface area contributed by atoms with Crippen LogP contribution in [0.15, 0.2) is 73.1 Å². The van der Waals surface area contributed by atoms with Crippen molar-refractivity contribution < 1.29 is 4.79 Å². The lowest BCUT2D eigenvalue weighted by molar-refractivity contribution is 0.102. The SMILES string of the molecule is Cn1ccc(-c2nc(NC(=O)c3ccccc3)c(C#N)nc2-c2cc(Cl)c3ncccc3c2)n1. The Labute approximate surface area is 199 Å². The fraction of sp³-hybridized carbons (Fsp3) is 0.0400. The van der Waals surface area contributed by atoms with E-state index < -0.39 is 5.91 Å². The summed E-state index contributed by atoms with van der Waals surface area (Å²) < 4.78 is 1.64. The molecule has 0 atom stereocenters. The lowest BCUT2D eigenvalue weighted by Gasteiger charge is -2.13. The van der Waals surface area contributed by atoms with E-state index in [1.165, 1.54) is 0 Å². The van der Waals surface area contributed by atoms with Gasteiger partial charge in [-0.05, 0) is 36.4 Å². The fourth-order valence-electron chi connectivity index (χ4n) is 3.58. The number of hydrogen-bond donors (Lipinski definition) is 1. The van der Waals surface area contributed by atoms with E-state index in [2.05, 4.69) is 25.4 Å². The predicted molar refractivity (Wildman–Crippen MR) is 129 cm³/mol. The Balaban J connectivity index is 1.69. The van der Waals surface area contributed by atoms with E-state index >= 15 is 0 Å². The molecule has 0 aliphatic rings. The van der Waals surface area contributed by atoms with Crippen molar-refractivity contribution >= 4 is 34.2 Å². The maximum Gasteiger partial charge on any atom is 0.256 e. The van der Waals surface area contributed by atoms with Crippen molar-refractivity contribution in [2.75, 3.05) is 5.32 Å². The molecule has 1 amide bonds. The average molecular weight is 466 g/mol. The van der Waals surface area contributed by atoms with Crippen molar-refractivity contribution in [1.29, 1.82) is 5.26 Å². The highest BCUT2D eigenvalue weighted by Gasteiger charge is 2.21. The summed E-state index contributed by atoms with van der Waals surface area (Å²) in [5, 5.41) is 18.2. The molecule has 9 heteroatoms. The van der Waals surface area contributed by atoms with Gasteiger partial charge in [-0.1, -0.05) is 35.9 Å². The molecular weight excluding hydrogens is 450 g/mol. The van der Waals surface area contributed by atoms with Gasteiger partial charge in [0.05, 0.1) is 10.5 Å². The summed E-state index contributed by atoms with van der Waals surface area (Å²) in [7, 11) is 1.79. The maximum atomic E-state index is 12.7. The minimum atomic E-state index is -0.397. The Morgan fingerprint density at radius 2 is 1.88 bits per heavy atom. The summed E-state index contributed by atoms with van der Waals surface area (Å²) in [6.07, 6.45) is 3.45. The first-order valence-corrected chi connectivity index (χ1v) is 10.6. The van der Waals surface area contributed by atoms with E-state index in [1.54, 1.807) is 60.5 Å². The zero-order valence-electron chi connectivity index (χ0n) is 17.9. The van der Waals surface area contributed by atoms with Gasteiger partial charge in [0, 0.05) is 36.0 Å². The zero-order valence-corrected chi connectivity index (χ0v) is 18.7. The van der Waals surface area contributed by atoms with E-state index in [1.807, 2.05) is 30.3 Å². The number of carbonyl (C=O) groups excluding carboxylic acids is 1. The molecule has 0 aliphatic heterocycles. The Morgan fingerprint density at radius 3 is 2.62 bits per heavy atom. The zero-order chi connectivity index (χ0) is 23.7. The highest BCUT2D eigenvalue weighted by atomic mass is 35.5. The molecule has 1 N–H and O–H groups in total. The van der Waals surface area contributed by atoms with Gasteiger partial charge < -0.3 is 5.32 Å². The minimum absolute atomic E-state index is 0.0265. The summed E-state index contributed by atoms with van der Waals surface area (Å²) in [5.41, 5.74) is 3.07. The van der Waals surface area contributed by atoms with Crippen LogP contribution in [0, 0.1) is 11.3 Å². The van der Waals surface area contributed by atoms with Crippen LogP contribution in [0.4, 0.5) is 5.82 Å². The Bertz CT molecular complexity index is 1590. The van der Waals surface area contributed by atoms with Gasteiger partial charge in [-0.2, -0.15) is 10.4 Å². The number of nitrogens with one attached hydrogen (secondary N) is 1. The highest BCUT2D eigenvalue weighted by Crippen LogP contribution is 2.34. The van der Waals surface area contributed by atoms with Crippen LogP contribution >= 0.6 is 11.6 Å². The highest BCUT2D eigenvalue weighted by molar-refractivity contribution is 6.35. The van der Waals surface area contributed by atoms with Crippen molar-refractivity contribution in [1.82, 2.24) is 24.7 Å². The summed E-state index contributed by atoms with van der Waals surface area (Å²) >= 11 is 6.50. The number of carbonyl (C=O) groups is 1. The molecule has 0 aliphatic carbocycles. The van der Waals surface area contributed by atoms with Crippen molar-refractivity contribution in [2.24, 2.45) is 7.05 Å². The number of aryl methyl sites for hydroxylation is 1. The van der Waals surface area contributed by atoms with Crippen molar-refractivity contribution in [3.8, 4) is 28.7 Å². The lowest BCUT2D eigenvalue weighted by Crippen LogP contribution is -2.15. The molecule has 0 spiro atoms. The van der Waals surface area contributed by atoms with Gasteiger partial charge in [-0.3, -0.25) is 14.5 Å². The van der Waals surface area contributed by atoms with Crippen LogP contribution in [0.1, 0.15) is 16.1 Å². The molecular formula is C25H16ClN7O. The number of nitriles is 1. The third-order valence-electron chi connectivity index (χ3n) is 5.16. The predicted octanol–water partition coefficient (Wildman–Crippen LogP) is 4.87. The largest absolute Gasteiger partial charge is 0.304 e. The van der Waals surface area contributed by atoms with E-state index in [9.17, 15) is 10.1 Å².